The van der Waals surface area contributed by atoms with Crippen molar-refractivity contribution in [3.05, 3.63) is 65.6 Å². The van der Waals surface area contributed by atoms with Gasteiger partial charge in [-0.3, -0.25) is 9.59 Å². The second-order valence-corrected chi connectivity index (χ2v) is 4.13. The Morgan fingerprint density at radius 1 is 0.842 bits per heavy atom. The van der Waals surface area contributed by atoms with Crippen molar-refractivity contribution in [1.82, 2.24) is 4.98 Å². The number of nitrogens with zero attached hydrogens (tertiary/aromatic N) is 1. The molecule has 19 heavy (non-hydrogen) atoms. The van der Waals surface area contributed by atoms with Crippen LogP contribution in [0.4, 0.5) is 4.39 Å². The highest BCUT2D eigenvalue weighted by Crippen LogP contribution is 2.24. The third kappa shape index (κ3) is 1.87. The molecule has 0 spiro atoms. The van der Waals surface area contributed by atoms with E-state index < -0.39 is 5.82 Å². The summed E-state index contributed by atoms with van der Waals surface area (Å²) in [5.74, 6) is -1.02. The first-order valence-corrected chi connectivity index (χ1v) is 5.69. The lowest BCUT2D eigenvalue weighted by Crippen LogP contribution is -2.14. The van der Waals surface area contributed by atoms with Gasteiger partial charge in [0.15, 0.2) is 5.78 Å². The molecular weight excluding hydrogens is 245 g/mol. The summed E-state index contributed by atoms with van der Waals surface area (Å²) in [6.07, 6.45) is 2.40. The fourth-order valence-electron chi connectivity index (χ4n) is 1.98. The Morgan fingerprint density at radius 3 is 2.37 bits per heavy atom. The molecule has 0 amide bonds. The van der Waals surface area contributed by atoms with Crippen molar-refractivity contribution < 1.29 is 14.0 Å². The zero-order chi connectivity index (χ0) is 13.4. The standard InChI is InChI=1S/C15H8FNO2/c16-11-4-2-1-3-9(11)12-6-5-10-13(18)7-8-14(19)15(10)17-12/h1-8H. The Morgan fingerprint density at radius 2 is 1.58 bits per heavy atom. The van der Waals surface area contributed by atoms with Crippen molar-refractivity contribution in [3.8, 4) is 11.3 Å². The van der Waals surface area contributed by atoms with E-state index in [4.69, 9.17) is 0 Å². The molecule has 1 aromatic carbocycles. The summed E-state index contributed by atoms with van der Waals surface area (Å²) in [7, 11) is 0. The highest BCUT2D eigenvalue weighted by molar-refractivity contribution is 6.21. The molecule has 0 bridgehead atoms. The number of aromatic nitrogens is 1. The van der Waals surface area contributed by atoms with Crippen LogP contribution in [0, 0.1) is 5.82 Å². The Hall–Kier alpha value is -2.62. The number of benzene rings is 1. The second-order valence-electron chi connectivity index (χ2n) is 4.13. The summed E-state index contributed by atoms with van der Waals surface area (Å²) >= 11 is 0. The predicted molar refractivity (Wildman–Crippen MR) is 67.4 cm³/mol. The van der Waals surface area contributed by atoms with Crippen LogP contribution >= 0.6 is 0 Å². The Bertz CT molecular complexity index is 735. The average Bonchev–Trinajstić information content (AvgIpc) is 2.43. The van der Waals surface area contributed by atoms with Crippen molar-refractivity contribution in [3.63, 3.8) is 0 Å². The first-order chi connectivity index (χ1) is 9.16. The van der Waals surface area contributed by atoms with Crippen LogP contribution < -0.4 is 0 Å². The van der Waals surface area contributed by atoms with Crippen LogP contribution in [-0.4, -0.2) is 16.6 Å². The lowest BCUT2D eigenvalue weighted by atomic mass is 9.98. The summed E-state index contributed by atoms with van der Waals surface area (Å²) in [5.41, 5.74) is 0.981. The van der Waals surface area contributed by atoms with Gasteiger partial charge >= 0.3 is 0 Å². The summed E-state index contributed by atoms with van der Waals surface area (Å²) < 4.78 is 13.7. The van der Waals surface area contributed by atoms with E-state index in [2.05, 4.69) is 4.98 Å². The molecule has 0 aliphatic heterocycles. The lowest BCUT2D eigenvalue weighted by Gasteiger charge is -2.10. The number of carbonyl (C=O) groups is 2. The quantitative estimate of drug-likeness (QED) is 0.785. The number of carbonyl (C=O) groups excluding carboxylic acids is 2. The Balaban J connectivity index is 2.18. The summed E-state index contributed by atoms with van der Waals surface area (Å²) in [6.45, 7) is 0. The summed E-state index contributed by atoms with van der Waals surface area (Å²) in [6, 6.07) is 9.22. The van der Waals surface area contributed by atoms with Gasteiger partial charge in [-0.1, -0.05) is 12.1 Å². The van der Waals surface area contributed by atoms with Gasteiger partial charge in [0.25, 0.3) is 0 Å². The number of hydrogen-bond donors (Lipinski definition) is 0. The van der Waals surface area contributed by atoms with Crippen LogP contribution in [-0.2, 0) is 0 Å². The number of halogens is 1. The zero-order valence-corrected chi connectivity index (χ0v) is 9.76. The highest BCUT2D eigenvalue weighted by Gasteiger charge is 2.21. The first-order valence-electron chi connectivity index (χ1n) is 5.69. The van der Waals surface area contributed by atoms with Gasteiger partial charge in [0.05, 0.1) is 11.3 Å². The number of fused-ring (bicyclic) bond motifs is 1. The molecule has 4 heteroatoms. The first kappa shape index (κ1) is 11.5. The highest BCUT2D eigenvalue weighted by atomic mass is 19.1. The fourth-order valence-corrected chi connectivity index (χ4v) is 1.98. The van der Waals surface area contributed by atoms with Crippen LogP contribution in [0.1, 0.15) is 20.8 Å². The van der Waals surface area contributed by atoms with Gasteiger partial charge in [0.2, 0.25) is 5.78 Å². The van der Waals surface area contributed by atoms with E-state index in [1.807, 2.05) is 0 Å². The van der Waals surface area contributed by atoms with Crippen LogP contribution in [0.25, 0.3) is 11.3 Å². The van der Waals surface area contributed by atoms with Gasteiger partial charge in [-0.2, -0.15) is 0 Å². The normalized spacial score (nSPS) is 13.5. The number of rotatable bonds is 1. The second kappa shape index (κ2) is 4.24. The van der Waals surface area contributed by atoms with Gasteiger partial charge in [-0.25, -0.2) is 9.37 Å². The number of ketones is 2. The van der Waals surface area contributed by atoms with Gasteiger partial charge in [-0.15, -0.1) is 0 Å². The van der Waals surface area contributed by atoms with Crippen molar-refractivity contribution >= 4 is 11.6 Å². The zero-order valence-electron chi connectivity index (χ0n) is 9.76. The molecule has 92 valence electrons. The number of allylic oxidation sites excluding steroid dienone is 2. The van der Waals surface area contributed by atoms with Crippen molar-refractivity contribution in [2.75, 3.05) is 0 Å². The average molecular weight is 253 g/mol. The molecule has 0 fully saturated rings. The minimum atomic E-state index is -0.417. The largest absolute Gasteiger partial charge is 0.289 e. The number of pyridine rings is 1. The monoisotopic (exact) mass is 253 g/mol. The maximum Gasteiger partial charge on any atom is 0.205 e. The molecule has 0 saturated heterocycles. The van der Waals surface area contributed by atoms with E-state index in [0.29, 0.717) is 11.3 Å². The molecule has 0 N–H and O–H groups in total. The third-order valence-corrected chi connectivity index (χ3v) is 2.93. The molecule has 1 aromatic heterocycles. The van der Waals surface area contributed by atoms with Gasteiger partial charge in [-0.05, 0) is 36.4 Å². The predicted octanol–water partition coefficient (Wildman–Crippen LogP) is 2.82. The van der Waals surface area contributed by atoms with Crippen molar-refractivity contribution in [1.29, 1.82) is 0 Å². The van der Waals surface area contributed by atoms with E-state index in [1.54, 1.807) is 24.3 Å². The van der Waals surface area contributed by atoms with E-state index in [1.165, 1.54) is 24.3 Å². The smallest absolute Gasteiger partial charge is 0.205 e. The van der Waals surface area contributed by atoms with Gasteiger partial charge in [0, 0.05) is 5.56 Å². The lowest BCUT2D eigenvalue weighted by molar-refractivity contribution is 0.0990. The topological polar surface area (TPSA) is 47.0 Å². The molecule has 3 rings (SSSR count). The minimum Gasteiger partial charge on any atom is -0.289 e. The molecule has 0 radical (unpaired) electrons. The van der Waals surface area contributed by atoms with E-state index >= 15 is 0 Å². The van der Waals surface area contributed by atoms with Crippen LogP contribution in [0.2, 0.25) is 0 Å². The molecule has 0 atom stereocenters. The maximum atomic E-state index is 13.7. The van der Waals surface area contributed by atoms with Crippen molar-refractivity contribution in [2.45, 2.75) is 0 Å². The van der Waals surface area contributed by atoms with Gasteiger partial charge < -0.3 is 0 Å². The molecule has 2 aromatic rings. The molecule has 1 heterocycles. The van der Waals surface area contributed by atoms with E-state index in [-0.39, 0.29) is 22.8 Å². The number of hydrogen-bond acceptors (Lipinski definition) is 3. The van der Waals surface area contributed by atoms with Crippen LogP contribution in [0.15, 0.2) is 48.6 Å². The minimum absolute atomic E-state index is 0.0771. The van der Waals surface area contributed by atoms with Gasteiger partial charge in [0.1, 0.15) is 11.5 Å². The molecule has 0 saturated carbocycles. The van der Waals surface area contributed by atoms with Crippen molar-refractivity contribution in [2.24, 2.45) is 0 Å². The fraction of sp³-hybridized carbons (Fsp3) is 0. The SMILES string of the molecule is O=C1C=CC(=O)c2nc(-c3ccccc3F)ccc21. The summed E-state index contributed by atoms with van der Waals surface area (Å²) in [5, 5.41) is 0. The molecule has 1 aliphatic rings. The van der Waals surface area contributed by atoms with E-state index in [0.717, 1.165) is 0 Å². The Kier molecular flexibility index (Phi) is 2.56. The third-order valence-electron chi connectivity index (χ3n) is 2.93. The van der Waals surface area contributed by atoms with Crippen LogP contribution in [0.3, 0.4) is 0 Å². The molecule has 1 aliphatic carbocycles. The Labute approximate surface area is 108 Å². The van der Waals surface area contributed by atoms with Crippen LogP contribution in [0.5, 0.6) is 0 Å². The maximum absolute atomic E-state index is 13.7. The molecule has 0 unspecified atom stereocenters. The summed E-state index contributed by atoms with van der Waals surface area (Å²) in [4.78, 5) is 27.4. The molecular formula is C15H8FNO2. The van der Waals surface area contributed by atoms with E-state index in [9.17, 15) is 14.0 Å². The molecule has 3 nitrogen and oxygen atoms in total.